The van der Waals surface area contributed by atoms with Crippen molar-refractivity contribution in [2.24, 2.45) is 5.92 Å². The van der Waals surface area contributed by atoms with E-state index in [1.807, 2.05) is 0 Å². The highest BCUT2D eigenvalue weighted by Gasteiger charge is 2.12. The number of hydrogen-bond acceptors (Lipinski definition) is 3. The summed E-state index contributed by atoms with van der Waals surface area (Å²) in [4.78, 5) is 10.3. The Balaban J connectivity index is 2.01. The molecule has 0 aromatic heterocycles. The molecule has 4 nitrogen and oxygen atoms in total. The van der Waals surface area contributed by atoms with Crippen molar-refractivity contribution in [2.45, 2.75) is 19.3 Å². The lowest BCUT2D eigenvalue weighted by molar-refractivity contribution is -0.384. The van der Waals surface area contributed by atoms with E-state index in [4.69, 9.17) is 0 Å². The molecule has 0 aliphatic heterocycles. The van der Waals surface area contributed by atoms with Crippen molar-refractivity contribution in [1.82, 2.24) is 0 Å². The third kappa shape index (κ3) is 3.32. The van der Waals surface area contributed by atoms with Gasteiger partial charge in [0, 0.05) is 23.2 Å². The average Bonchev–Trinajstić information content (AvgIpc) is 2.38. The van der Waals surface area contributed by atoms with Gasteiger partial charge < -0.3 is 5.32 Å². The minimum atomic E-state index is -0.374. The third-order valence-electron chi connectivity index (χ3n) is 3.12. The van der Waals surface area contributed by atoms with E-state index in [2.05, 4.69) is 33.4 Å². The number of nitro benzene ring substituents is 1. The maximum absolute atomic E-state index is 10.7. The molecule has 0 saturated carbocycles. The predicted octanol–water partition coefficient (Wildman–Crippen LogP) is 4.13. The number of halogens is 1. The molecule has 0 spiro atoms. The fourth-order valence-electron chi connectivity index (χ4n) is 2.06. The Labute approximate surface area is 114 Å². The van der Waals surface area contributed by atoms with Crippen LogP contribution in [0.4, 0.5) is 11.4 Å². The van der Waals surface area contributed by atoms with Crippen molar-refractivity contribution in [1.29, 1.82) is 0 Å². The lowest BCUT2D eigenvalue weighted by atomic mass is 9.94. The second kappa shape index (κ2) is 6.00. The highest BCUT2D eigenvalue weighted by atomic mass is 79.9. The van der Waals surface area contributed by atoms with E-state index in [-0.39, 0.29) is 10.6 Å². The van der Waals surface area contributed by atoms with Gasteiger partial charge in [-0.3, -0.25) is 10.1 Å². The summed E-state index contributed by atoms with van der Waals surface area (Å²) in [5, 5.41) is 14.0. The van der Waals surface area contributed by atoms with Crippen LogP contribution in [0.1, 0.15) is 19.3 Å². The number of allylic oxidation sites excluding steroid dienone is 2. The Morgan fingerprint density at radius 2 is 2.28 bits per heavy atom. The number of nitro groups is 1. The van der Waals surface area contributed by atoms with Crippen LogP contribution in [0.3, 0.4) is 0 Å². The first kappa shape index (κ1) is 13.1. The number of anilines is 1. The molecule has 1 atom stereocenters. The van der Waals surface area contributed by atoms with E-state index < -0.39 is 0 Å². The second-order valence-corrected chi connectivity index (χ2v) is 5.31. The fourth-order valence-corrected chi connectivity index (χ4v) is 2.45. The summed E-state index contributed by atoms with van der Waals surface area (Å²) in [6.45, 7) is 0.851. The molecule has 0 fully saturated rings. The Hall–Kier alpha value is -1.36. The SMILES string of the molecule is O=[N+]([O-])c1ccc(Br)c(NCC2CC=CCC2)c1. The van der Waals surface area contributed by atoms with Crippen LogP contribution in [0, 0.1) is 16.0 Å². The summed E-state index contributed by atoms with van der Waals surface area (Å²) >= 11 is 3.41. The van der Waals surface area contributed by atoms with E-state index in [1.54, 1.807) is 12.1 Å². The normalized spacial score (nSPS) is 18.6. The lowest BCUT2D eigenvalue weighted by Crippen LogP contribution is -2.15. The van der Waals surface area contributed by atoms with E-state index in [0.717, 1.165) is 29.5 Å². The summed E-state index contributed by atoms with van der Waals surface area (Å²) in [5.41, 5.74) is 0.906. The number of hydrogen-bond donors (Lipinski definition) is 1. The Kier molecular flexibility index (Phi) is 4.36. The van der Waals surface area contributed by atoms with Gasteiger partial charge in [0.2, 0.25) is 0 Å². The molecule has 0 radical (unpaired) electrons. The lowest BCUT2D eigenvalue weighted by Gasteiger charge is -2.19. The molecule has 0 bridgehead atoms. The zero-order chi connectivity index (χ0) is 13.0. The van der Waals surface area contributed by atoms with Gasteiger partial charge in [-0.15, -0.1) is 0 Å². The Bertz CT molecular complexity index is 474. The number of non-ortho nitro benzene ring substituents is 1. The maximum Gasteiger partial charge on any atom is 0.271 e. The molecule has 1 N–H and O–H groups in total. The first-order valence-corrected chi connectivity index (χ1v) is 6.79. The maximum atomic E-state index is 10.7. The van der Waals surface area contributed by atoms with Crippen LogP contribution in [0.2, 0.25) is 0 Å². The van der Waals surface area contributed by atoms with Crippen molar-refractivity contribution in [3.63, 3.8) is 0 Å². The fraction of sp³-hybridized carbons (Fsp3) is 0.385. The highest BCUT2D eigenvalue weighted by molar-refractivity contribution is 9.10. The molecule has 0 heterocycles. The molecule has 1 aliphatic carbocycles. The second-order valence-electron chi connectivity index (χ2n) is 4.45. The van der Waals surface area contributed by atoms with Gasteiger partial charge in [0.15, 0.2) is 0 Å². The van der Waals surface area contributed by atoms with Gasteiger partial charge in [-0.25, -0.2) is 0 Å². The number of nitrogens with one attached hydrogen (secondary N) is 1. The minimum Gasteiger partial charge on any atom is -0.384 e. The van der Waals surface area contributed by atoms with Crippen LogP contribution in [0.5, 0.6) is 0 Å². The van der Waals surface area contributed by atoms with Gasteiger partial charge in [0.25, 0.3) is 5.69 Å². The van der Waals surface area contributed by atoms with Gasteiger partial charge in [-0.2, -0.15) is 0 Å². The van der Waals surface area contributed by atoms with Gasteiger partial charge in [-0.05, 0) is 47.2 Å². The van der Waals surface area contributed by atoms with Gasteiger partial charge in [0.1, 0.15) is 0 Å². The van der Waals surface area contributed by atoms with E-state index in [0.29, 0.717) is 5.92 Å². The molecule has 2 rings (SSSR count). The smallest absolute Gasteiger partial charge is 0.271 e. The molecular formula is C13H15BrN2O2. The van der Waals surface area contributed by atoms with Crippen molar-refractivity contribution >= 4 is 27.3 Å². The molecule has 1 aromatic rings. The van der Waals surface area contributed by atoms with E-state index in [9.17, 15) is 10.1 Å². The average molecular weight is 311 g/mol. The van der Waals surface area contributed by atoms with Gasteiger partial charge in [0.05, 0.1) is 10.6 Å². The summed E-state index contributed by atoms with van der Waals surface area (Å²) < 4.78 is 0.861. The predicted molar refractivity (Wildman–Crippen MR) is 75.8 cm³/mol. The number of benzene rings is 1. The van der Waals surface area contributed by atoms with Crippen LogP contribution in [-0.2, 0) is 0 Å². The van der Waals surface area contributed by atoms with Gasteiger partial charge >= 0.3 is 0 Å². The topological polar surface area (TPSA) is 55.2 Å². The van der Waals surface area contributed by atoms with Crippen LogP contribution in [0.25, 0.3) is 0 Å². The zero-order valence-corrected chi connectivity index (χ0v) is 11.5. The quantitative estimate of drug-likeness (QED) is 0.517. The molecule has 5 heteroatoms. The molecular weight excluding hydrogens is 296 g/mol. The first-order valence-electron chi connectivity index (χ1n) is 5.99. The van der Waals surface area contributed by atoms with Crippen LogP contribution in [-0.4, -0.2) is 11.5 Å². The van der Waals surface area contributed by atoms with E-state index in [1.165, 1.54) is 12.5 Å². The van der Waals surface area contributed by atoms with Crippen molar-refractivity contribution < 1.29 is 4.92 Å². The van der Waals surface area contributed by atoms with Crippen LogP contribution < -0.4 is 5.32 Å². The number of nitrogens with zero attached hydrogens (tertiary/aromatic N) is 1. The largest absolute Gasteiger partial charge is 0.384 e. The molecule has 96 valence electrons. The summed E-state index contributed by atoms with van der Waals surface area (Å²) in [7, 11) is 0. The molecule has 0 amide bonds. The van der Waals surface area contributed by atoms with Gasteiger partial charge in [-0.1, -0.05) is 12.2 Å². The summed E-state index contributed by atoms with van der Waals surface area (Å²) in [6, 6.07) is 4.78. The molecule has 18 heavy (non-hydrogen) atoms. The summed E-state index contributed by atoms with van der Waals surface area (Å²) in [5.74, 6) is 0.612. The molecule has 1 unspecified atom stereocenters. The van der Waals surface area contributed by atoms with Crippen molar-refractivity contribution in [2.75, 3.05) is 11.9 Å². The Morgan fingerprint density at radius 3 is 2.94 bits per heavy atom. The monoisotopic (exact) mass is 310 g/mol. The van der Waals surface area contributed by atoms with Crippen LogP contribution >= 0.6 is 15.9 Å². The minimum absolute atomic E-state index is 0.115. The summed E-state index contributed by atoms with van der Waals surface area (Å²) in [6.07, 6.45) is 7.80. The zero-order valence-electron chi connectivity index (χ0n) is 9.93. The number of rotatable bonds is 4. The third-order valence-corrected chi connectivity index (χ3v) is 3.81. The highest BCUT2D eigenvalue weighted by Crippen LogP contribution is 2.28. The van der Waals surface area contributed by atoms with Crippen molar-refractivity contribution in [3.8, 4) is 0 Å². The Morgan fingerprint density at radius 1 is 1.44 bits per heavy atom. The molecule has 0 saturated heterocycles. The first-order chi connectivity index (χ1) is 8.66. The standard InChI is InChI=1S/C13H15BrN2O2/c14-12-7-6-11(16(17)18)8-13(12)15-9-10-4-2-1-3-5-10/h1-2,6-8,10,15H,3-5,9H2. The van der Waals surface area contributed by atoms with E-state index >= 15 is 0 Å². The molecule has 1 aromatic carbocycles. The molecule has 1 aliphatic rings. The van der Waals surface area contributed by atoms with Crippen molar-refractivity contribution in [3.05, 3.63) is 44.9 Å². The van der Waals surface area contributed by atoms with Crippen LogP contribution in [0.15, 0.2) is 34.8 Å².